The highest BCUT2D eigenvalue weighted by Gasteiger charge is 2.43. The van der Waals surface area contributed by atoms with Crippen LogP contribution in [-0.2, 0) is 4.74 Å². The van der Waals surface area contributed by atoms with Crippen molar-refractivity contribution < 1.29 is 4.74 Å². The number of hydrogen-bond donors (Lipinski definition) is 0. The minimum Gasteiger partial charge on any atom is -0.364 e. The molecule has 1 aromatic carbocycles. The average molecular weight is 174 g/mol. The van der Waals surface area contributed by atoms with Crippen LogP contribution < -0.4 is 0 Å². The summed E-state index contributed by atoms with van der Waals surface area (Å²) in [5.41, 5.74) is 2.95. The Morgan fingerprint density at radius 3 is 2.77 bits per heavy atom. The monoisotopic (exact) mass is 174 g/mol. The Labute approximate surface area is 78.7 Å². The number of rotatable bonds is 0. The molecule has 1 aromatic rings. The van der Waals surface area contributed by atoms with Crippen molar-refractivity contribution in [1.82, 2.24) is 0 Å². The molecule has 68 valence electrons. The Morgan fingerprint density at radius 2 is 1.92 bits per heavy atom. The first-order chi connectivity index (χ1) is 6.36. The Balaban J connectivity index is 2.10. The lowest BCUT2D eigenvalue weighted by molar-refractivity contribution is 0.352. The second-order valence-corrected chi connectivity index (χ2v) is 4.20. The van der Waals surface area contributed by atoms with Gasteiger partial charge in [0.25, 0.3) is 0 Å². The number of ether oxygens (including phenoxy) is 1. The van der Waals surface area contributed by atoms with Crippen LogP contribution in [0.1, 0.15) is 42.9 Å². The number of fused-ring (bicyclic) bond motifs is 3. The first kappa shape index (κ1) is 7.57. The molecule has 13 heavy (non-hydrogen) atoms. The minimum absolute atomic E-state index is 0.432. The lowest BCUT2D eigenvalue weighted by atomic mass is 9.94. The molecule has 1 heterocycles. The third-order valence-corrected chi connectivity index (χ3v) is 3.30. The summed E-state index contributed by atoms with van der Waals surface area (Å²) >= 11 is 0. The van der Waals surface area contributed by atoms with E-state index in [4.69, 9.17) is 4.74 Å². The number of hydrogen-bond acceptors (Lipinski definition) is 1. The van der Waals surface area contributed by atoms with Crippen molar-refractivity contribution in [3.05, 3.63) is 35.4 Å². The Hall–Kier alpha value is -0.820. The van der Waals surface area contributed by atoms with E-state index in [0.29, 0.717) is 18.1 Å². The zero-order valence-corrected chi connectivity index (χ0v) is 7.86. The molecule has 1 heteroatoms. The third kappa shape index (κ3) is 1.11. The predicted molar refractivity (Wildman–Crippen MR) is 51.7 cm³/mol. The van der Waals surface area contributed by atoms with E-state index in [1.165, 1.54) is 24.0 Å². The van der Waals surface area contributed by atoms with Crippen molar-refractivity contribution in [2.24, 2.45) is 0 Å². The molecule has 1 saturated heterocycles. The van der Waals surface area contributed by atoms with Crippen LogP contribution in [-0.4, -0.2) is 6.10 Å². The molecule has 3 rings (SSSR count). The summed E-state index contributed by atoms with van der Waals surface area (Å²) in [5.74, 6) is 0.715. The molecule has 1 fully saturated rings. The van der Waals surface area contributed by atoms with Gasteiger partial charge in [0, 0.05) is 0 Å². The summed E-state index contributed by atoms with van der Waals surface area (Å²) < 4.78 is 5.63. The second kappa shape index (κ2) is 2.58. The van der Waals surface area contributed by atoms with Gasteiger partial charge in [0.1, 0.15) is 6.10 Å². The SMILES string of the molecule is C[C@@H]1CC[C@H]2O[C@H]2c2ccccc21. The zero-order chi connectivity index (χ0) is 8.84. The Kier molecular flexibility index (Phi) is 1.50. The van der Waals surface area contributed by atoms with Gasteiger partial charge < -0.3 is 4.74 Å². The van der Waals surface area contributed by atoms with Crippen molar-refractivity contribution in [3.63, 3.8) is 0 Å². The highest BCUT2D eigenvalue weighted by molar-refractivity contribution is 5.36. The van der Waals surface area contributed by atoms with E-state index in [9.17, 15) is 0 Å². The van der Waals surface area contributed by atoms with Crippen molar-refractivity contribution in [2.45, 2.75) is 37.9 Å². The van der Waals surface area contributed by atoms with Crippen LogP contribution in [0.5, 0.6) is 0 Å². The summed E-state index contributed by atoms with van der Waals surface area (Å²) in [6.07, 6.45) is 3.48. The van der Waals surface area contributed by atoms with Crippen LogP contribution in [0.15, 0.2) is 24.3 Å². The maximum absolute atomic E-state index is 5.63. The molecule has 1 nitrogen and oxygen atoms in total. The van der Waals surface area contributed by atoms with E-state index in [2.05, 4.69) is 31.2 Å². The van der Waals surface area contributed by atoms with E-state index in [-0.39, 0.29) is 0 Å². The van der Waals surface area contributed by atoms with Crippen molar-refractivity contribution in [1.29, 1.82) is 0 Å². The summed E-state index contributed by atoms with van der Waals surface area (Å²) in [4.78, 5) is 0. The summed E-state index contributed by atoms with van der Waals surface area (Å²) in [6, 6.07) is 8.74. The normalized spacial score (nSPS) is 35.9. The van der Waals surface area contributed by atoms with Gasteiger partial charge in [-0.1, -0.05) is 31.2 Å². The maximum atomic E-state index is 5.63. The van der Waals surface area contributed by atoms with E-state index < -0.39 is 0 Å². The molecule has 0 aromatic heterocycles. The van der Waals surface area contributed by atoms with Crippen molar-refractivity contribution in [2.75, 3.05) is 0 Å². The fourth-order valence-corrected chi connectivity index (χ4v) is 2.42. The van der Waals surface area contributed by atoms with E-state index in [1.807, 2.05) is 0 Å². The molecule has 1 aliphatic carbocycles. The van der Waals surface area contributed by atoms with Crippen LogP contribution in [0, 0.1) is 0 Å². The van der Waals surface area contributed by atoms with Gasteiger partial charge in [0.15, 0.2) is 0 Å². The van der Waals surface area contributed by atoms with Crippen molar-refractivity contribution >= 4 is 0 Å². The minimum atomic E-state index is 0.432. The highest BCUT2D eigenvalue weighted by atomic mass is 16.6. The molecular weight excluding hydrogens is 160 g/mol. The quantitative estimate of drug-likeness (QED) is 0.551. The molecule has 0 saturated carbocycles. The van der Waals surface area contributed by atoms with Gasteiger partial charge in [0.2, 0.25) is 0 Å². The van der Waals surface area contributed by atoms with Gasteiger partial charge in [-0.3, -0.25) is 0 Å². The van der Waals surface area contributed by atoms with E-state index in [0.717, 1.165) is 0 Å². The lowest BCUT2D eigenvalue weighted by Crippen LogP contribution is -1.95. The highest BCUT2D eigenvalue weighted by Crippen LogP contribution is 2.48. The molecule has 0 bridgehead atoms. The molecule has 0 radical (unpaired) electrons. The Bertz CT molecular complexity index is 311. The topological polar surface area (TPSA) is 12.5 Å². The van der Waals surface area contributed by atoms with E-state index >= 15 is 0 Å². The predicted octanol–water partition coefficient (Wildman–Crippen LogP) is 3.02. The molecule has 0 unspecified atom stereocenters. The van der Waals surface area contributed by atoms with E-state index in [1.54, 1.807) is 0 Å². The van der Waals surface area contributed by atoms with Gasteiger partial charge >= 0.3 is 0 Å². The van der Waals surface area contributed by atoms with Gasteiger partial charge in [0.05, 0.1) is 6.10 Å². The largest absolute Gasteiger partial charge is 0.364 e. The molecular formula is C12H14O. The van der Waals surface area contributed by atoms with Crippen molar-refractivity contribution in [3.8, 4) is 0 Å². The molecule has 1 aliphatic heterocycles. The lowest BCUT2D eigenvalue weighted by Gasteiger charge is -2.12. The standard InChI is InChI=1S/C12H14O/c1-8-6-7-11-12(13-11)10-5-3-2-4-9(8)10/h2-5,8,11-12H,6-7H2,1H3/t8-,11-,12+/m1/s1. The van der Waals surface area contributed by atoms with Crippen LogP contribution in [0.25, 0.3) is 0 Å². The van der Waals surface area contributed by atoms with Gasteiger partial charge in [-0.15, -0.1) is 0 Å². The van der Waals surface area contributed by atoms with Crippen LogP contribution >= 0.6 is 0 Å². The molecule has 0 amide bonds. The van der Waals surface area contributed by atoms with Gasteiger partial charge in [-0.05, 0) is 29.9 Å². The fraction of sp³-hybridized carbons (Fsp3) is 0.500. The molecule has 3 atom stereocenters. The second-order valence-electron chi connectivity index (χ2n) is 4.20. The number of epoxide rings is 1. The fourth-order valence-electron chi connectivity index (χ4n) is 2.42. The maximum Gasteiger partial charge on any atom is 0.109 e. The third-order valence-electron chi connectivity index (χ3n) is 3.30. The summed E-state index contributed by atoms with van der Waals surface area (Å²) in [6.45, 7) is 2.32. The summed E-state index contributed by atoms with van der Waals surface area (Å²) in [5, 5.41) is 0. The average Bonchev–Trinajstić information content (AvgIpc) is 2.92. The smallest absolute Gasteiger partial charge is 0.109 e. The van der Waals surface area contributed by atoms with Gasteiger partial charge in [-0.25, -0.2) is 0 Å². The van der Waals surface area contributed by atoms with Gasteiger partial charge in [-0.2, -0.15) is 0 Å². The first-order valence-electron chi connectivity index (χ1n) is 5.10. The van der Waals surface area contributed by atoms with Crippen LogP contribution in [0.2, 0.25) is 0 Å². The first-order valence-corrected chi connectivity index (χ1v) is 5.10. The molecule has 0 spiro atoms. The summed E-state index contributed by atoms with van der Waals surface area (Å²) in [7, 11) is 0. The molecule has 2 aliphatic rings. The van der Waals surface area contributed by atoms with Crippen LogP contribution in [0.3, 0.4) is 0 Å². The molecule has 0 N–H and O–H groups in total. The number of benzene rings is 1. The Morgan fingerprint density at radius 1 is 1.15 bits per heavy atom. The zero-order valence-electron chi connectivity index (χ0n) is 7.86. The van der Waals surface area contributed by atoms with Crippen LogP contribution in [0.4, 0.5) is 0 Å².